The van der Waals surface area contributed by atoms with Crippen LogP contribution in [-0.4, -0.2) is 48.4 Å². The highest BCUT2D eigenvalue weighted by atomic mass is 16.5. The van der Waals surface area contributed by atoms with Gasteiger partial charge in [0.25, 0.3) is 0 Å². The molecule has 3 aromatic carbocycles. The number of fused-ring (bicyclic) bond motifs is 3. The third-order valence-electron chi connectivity index (χ3n) is 8.09. The molecule has 40 heavy (non-hydrogen) atoms. The van der Waals surface area contributed by atoms with Crippen molar-refractivity contribution in [2.24, 2.45) is 5.41 Å². The minimum atomic E-state index is -1.08. The summed E-state index contributed by atoms with van der Waals surface area (Å²) in [6.45, 7) is 2.05. The molecular weight excluding hydrogens is 508 g/mol. The van der Waals surface area contributed by atoms with E-state index in [1.54, 1.807) is 6.92 Å². The van der Waals surface area contributed by atoms with Gasteiger partial charge in [-0.1, -0.05) is 85.3 Å². The quantitative estimate of drug-likeness (QED) is 0.319. The van der Waals surface area contributed by atoms with E-state index >= 15 is 0 Å². The topological polar surface area (TPSA) is 114 Å². The van der Waals surface area contributed by atoms with E-state index in [1.165, 1.54) is 0 Å². The normalized spacial score (nSPS) is 16.5. The van der Waals surface area contributed by atoms with Crippen LogP contribution in [0, 0.1) is 5.41 Å². The van der Waals surface area contributed by atoms with Crippen molar-refractivity contribution >= 4 is 18.0 Å². The van der Waals surface area contributed by atoms with Crippen molar-refractivity contribution < 1.29 is 29.0 Å². The number of nitrogens with one attached hydrogen (secondary N) is 2. The van der Waals surface area contributed by atoms with E-state index in [1.807, 2.05) is 66.7 Å². The Hall–Kier alpha value is -4.17. The maximum absolute atomic E-state index is 13.3. The predicted molar refractivity (Wildman–Crippen MR) is 150 cm³/mol. The lowest BCUT2D eigenvalue weighted by Crippen LogP contribution is -2.56. The molecule has 0 aromatic heterocycles. The molecule has 3 N–H and O–H groups in total. The Bertz CT molecular complexity index is 1330. The summed E-state index contributed by atoms with van der Waals surface area (Å²) < 4.78 is 11.6. The van der Waals surface area contributed by atoms with Crippen LogP contribution in [0.25, 0.3) is 11.1 Å². The van der Waals surface area contributed by atoms with Gasteiger partial charge in [-0.2, -0.15) is 0 Å². The number of carboxylic acid groups (broad SMARTS) is 1. The Morgan fingerprint density at radius 1 is 0.925 bits per heavy atom. The minimum absolute atomic E-state index is 0.00452. The van der Waals surface area contributed by atoms with Crippen molar-refractivity contribution in [2.75, 3.05) is 13.2 Å². The van der Waals surface area contributed by atoms with Crippen LogP contribution < -0.4 is 10.6 Å². The Morgan fingerprint density at radius 2 is 1.52 bits per heavy atom. The van der Waals surface area contributed by atoms with Crippen molar-refractivity contribution in [3.8, 4) is 11.1 Å². The monoisotopic (exact) mass is 542 g/mol. The standard InChI is InChI=1S/C32H34N2O6/c1-21(39-18-22-10-3-2-4-11-22)28(29(35)33-20-32(30(36)37)16-9-17-32)34-31(38)40-19-27-25-14-7-5-12-23(25)24-13-6-8-15-26(24)27/h2-8,10-15,21,27-28H,9,16-20H2,1H3,(H,33,35)(H,34,38)(H,36,37). The van der Waals surface area contributed by atoms with Gasteiger partial charge in [0.05, 0.1) is 18.1 Å². The molecule has 208 valence electrons. The molecule has 0 radical (unpaired) electrons. The molecule has 0 heterocycles. The molecule has 0 saturated heterocycles. The molecule has 0 aliphatic heterocycles. The summed E-state index contributed by atoms with van der Waals surface area (Å²) >= 11 is 0. The van der Waals surface area contributed by atoms with Gasteiger partial charge in [0.2, 0.25) is 5.91 Å². The van der Waals surface area contributed by atoms with Crippen LogP contribution in [0.15, 0.2) is 78.9 Å². The number of carboxylic acids is 1. The largest absolute Gasteiger partial charge is 0.481 e. The fourth-order valence-electron chi connectivity index (χ4n) is 5.50. The van der Waals surface area contributed by atoms with Gasteiger partial charge in [0.15, 0.2) is 0 Å². The van der Waals surface area contributed by atoms with Crippen molar-refractivity contribution in [1.82, 2.24) is 10.6 Å². The number of hydrogen-bond donors (Lipinski definition) is 3. The number of hydrogen-bond acceptors (Lipinski definition) is 5. The molecule has 2 unspecified atom stereocenters. The van der Waals surface area contributed by atoms with Gasteiger partial charge in [-0.05, 0) is 47.6 Å². The van der Waals surface area contributed by atoms with Gasteiger partial charge in [0, 0.05) is 12.5 Å². The summed E-state index contributed by atoms with van der Waals surface area (Å²) in [7, 11) is 0. The number of ether oxygens (including phenoxy) is 2. The van der Waals surface area contributed by atoms with Crippen LogP contribution in [0.1, 0.15) is 48.8 Å². The second-order valence-corrected chi connectivity index (χ2v) is 10.6. The van der Waals surface area contributed by atoms with Crippen LogP contribution in [-0.2, 0) is 25.7 Å². The lowest BCUT2D eigenvalue weighted by molar-refractivity contribution is -0.154. The zero-order chi connectivity index (χ0) is 28.1. The average molecular weight is 543 g/mol. The molecule has 3 aromatic rings. The second kappa shape index (κ2) is 11.9. The summed E-state index contributed by atoms with van der Waals surface area (Å²) in [5.41, 5.74) is 4.38. The molecule has 2 aliphatic rings. The smallest absolute Gasteiger partial charge is 0.407 e. The number of rotatable bonds is 11. The van der Waals surface area contributed by atoms with Gasteiger partial charge in [-0.25, -0.2) is 4.79 Å². The minimum Gasteiger partial charge on any atom is -0.481 e. The van der Waals surface area contributed by atoms with Crippen molar-refractivity contribution in [2.45, 2.75) is 50.9 Å². The fourth-order valence-corrected chi connectivity index (χ4v) is 5.50. The molecular formula is C32H34N2O6. The number of aliphatic carboxylic acids is 1. The van der Waals surface area contributed by atoms with Gasteiger partial charge in [0.1, 0.15) is 12.6 Å². The van der Waals surface area contributed by atoms with Crippen LogP contribution in [0.5, 0.6) is 0 Å². The van der Waals surface area contributed by atoms with Gasteiger partial charge < -0.3 is 25.2 Å². The van der Waals surface area contributed by atoms with E-state index in [4.69, 9.17) is 9.47 Å². The number of benzene rings is 3. The van der Waals surface area contributed by atoms with Crippen LogP contribution >= 0.6 is 0 Å². The van der Waals surface area contributed by atoms with Crippen LogP contribution in [0.3, 0.4) is 0 Å². The van der Waals surface area contributed by atoms with Crippen molar-refractivity contribution in [1.29, 1.82) is 0 Å². The Balaban J connectivity index is 1.25. The number of carbonyl (C=O) groups is 3. The van der Waals surface area contributed by atoms with Crippen LogP contribution in [0.2, 0.25) is 0 Å². The number of amides is 2. The SMILES string of the molecule is CC(OCc1ccccc1)C(NC(=O)OCC1c2ccccc2-c2ccccc21)C(=O)NCC1(C(=O)O)CCC1. The zero-order valence-electron chi connectivity index (χ0n) is 22.5. The van der Waals surface area contributed by atoms with Gasteiger partial charge in [-0.15, -0.1) is 0 Å². The van der Waals surface area contributed by atoms with E-state index in [9.17, 15) is 19.5 Å². The van der Waals surface area contributed by atoms with Crippen LogP contribution in [0.4, 0.5) is 4.79 Å². The maximum Gasteiger partial charge on any atom is 0.407 e. The van der Waals surface area contributed by atoms with E-state index in [2.05, 4.69) is 22.8 Å². The highest BCUT2D eigenvalue weighted by molar-refractivity contribution is 5.87. The number of carbonyl (C=O) groups excluding carboxylic acids is 2. The van der Waals surface area contributed by atoms with Gasteiger partial charge in [-0.3, -0.25) is 9.59 Å². The maximum atomic E-state index is 13.3. The Morgan fingerprint density at radius 3 is 2.10 bits per heavy atom. The van der Waals surface area contributed by atoms with Gasteiger partial charge >= 0.3 is 12.1 Å². The van der Waals surface area contributed by atoms with Crippen molar-refractivity contribution in [3.63, 3.8) is 0 Å². The molecule has 0 spiro atoms. The molecule has 5 rings (SSSR count). The lowest BCUT2D eigenvalue weighted by Gasteiger charge is -2.38. The first-order chi connectivity index (χ1) is 19.4. The van der Waals surface area contributed by atoms with Crippen molar-refractivity contribution in [3.05, 3.63) is 95.6 Å². The average Bonchev–Trinajstić information content (AvgIpc) is 3.27. The van der Waals surface area contributed by atoms with E-state index in [-0.39, 0.29) is 25.7 Å². The highest BCUT2D eigenvalue weighted by Gasteiger charge is 2.45. The highest BCUT2D eigenvalue weighted by Crippen LogP contribution is 2.44. The summed E-state index contributed by atoms with van der Waals surface area (Å²) in [6.07, 6.45) is 0.372. The Labute approximate surface area is 233 Å². The molecule has 8 nitrogen and oxygen atoms in total. The summed E-state index contributed by atoms with van der Waals surface area (Å²) in [6, 6.07) is 24.6. The first-order valence-corrected chi connectivity index (χ1v) is 13.7. The van der Waals surface area contributed by atoms with E-state index < -0.39 is 35.5 Å². The number of alkyl carbamates (subject to hydrolysis) is 1. The molecule has 2 atom stereocenters. The third kappa shape index (κ3) is 5.72. The third-order valence-corrected chi connectivity index (χ3v) is 8.09. The zero-order valence-corrected chi connectivity index (χ0v) is 22.5. The van der Waals surface area contributed by atoms with E-state index in [0.717, 1.165) is 34.2 Å². The van der Waals surface area contributed by atoms with E-state index in [0.29, 0.717) is 12.8 Å². The fraction of sp³-hybridized carbons (Fsp3) is 0.344. The predicted octanol–water partition coefficient (Wildman–Crippen LogP) is 4.87. The summed E-state index contributed by atoms with van der Waals surface area (Å²) in [5.74, 6) is -1.55. The first kappa shape index (κ1) is 27.4. The molecule has 0 bridgehead atoms. The Kier molecular flexibility index (Phi) is 8.16. The first-order valence-electron chi connectivity index (χ1n) is 13.7. The summed E-state index contributed by atoms with van der Waals surface area (Å²) in [4.78, 5) is 38.1. The second-order valence-electron chi connectivity index (χ2n) is 10.6. The molecule has 8 heteroatoms. The lowest BCUT2D eigenvalue weighted by atomic mass is 9.69. The molecule has 1 fully saturated rings. The molecule has 1 saturated carbocycles. The molecule has 2 amide bonds. The molecule has 2 aliphatic carbocycles. The summed E-state index contributed by atoms with van der Waals surface area (Å²) in [5, 5.41) is 15.1.